The van der Waals surface area contributed by atoms with Crippen LogP contribution in [0.15, 0.2) is 0 Å². The molecule has 112 valence electrons. The highest BCUT2D eigenvalue weighted by molar-refractivity contribution is 4.88. The van der Waals surface area contributed by atoms with E-state index in [2.05, 4.69) is 31.0 Å². The summed E-state index contributed by atoms with van der Waals surface area (Å²) < 4.78 is 5.75. The van der Waals surface area contributed by atoms with Crippen molar-refractivity contribution in [2.45, 2.75) is 58.5 Å². The van der Waals surface area contributed by atoms with Gasteiger partial charge in [0.05, 0.1) is 6.61 Å². The van der Waals surface area contributed by atoms with Crippen LogP contribution in [0.2, 0.25) is 0 Å². The van der Waals surface area contributed by atoms with Gasteiger partial charge in [-0.25, -0.2) is 0 Å². The minimum absolute atomic E-state index is 0.597. The lowest BCUT2D eigenvalue weighted by Gasteiger charge is -2.39. The van der Waals surface area contributed by atoms with Gasteiger partial charge in [0, 0.05) is 18.7 Å². The monoisotopic (exact) mass is 268 g/mol. The van der Waals surface area contributed by atoms with Crippen LogP contribution >= 0.6 is 0 Å². The Morgan fingerprint density at radius 3 is 2.79 bits per heavy atom. The molecule has 3 atom stereocenters. The summed E-state index contributed by atoms with van der Waals surface area (Å²) in [5.41, 5.74) is 0. The number of rotatable bonds is 4. The molecule has 0 aromatic rings. The Hall–Kier alpha value is -0.120. The largest absolute Gasteiger partial charge is 0.380 e. The lowest BCUT2D eigenvalue weighted by Crippen LogP contribution is -2.55. The number of hydrogen-bond donors (Lipinski definition) is 1. The molecule has 2 heterocycles. The van der Waals surface area contributed by atoms with Crippen LogP contribution < -0.4 is 5.32 Å². The SMILES string of the molecule is CCNC1CCOCC1N1CCCC(C(C)C)CC1. The van der Waals surface area contributed by atoms with Crippen molar-refractivity contribution in [3.63, 3.8) is 0 Å². The highest BCUT2D eigenvalue weighted by atomic mass is 16.5. The van der Waals surface area contributed by atoms with Crippen molar-refractivity contribution in [3.8, 4) is 0 Å². The first kappa shape index (κ1) is 15.3. The third kappa shape index (κ3) is 4.17. The van der Waals surface area contributed by atoms with Gasteiger partial charge in [-0.3, -0.25) is 4.90 Å². The summed E-state index contributed by atoms with van der Waals surface area (Å²) in [6.45, 7) is 12.4. The van der Waals surface area contributed by atoms with E-state index in [1.54, 1.807) is 0 Å². The van der Waals surface area contributed by atoms with E-state index in [4.69, 9.17) is 4.74 Å². The fourth-order valence-electron chi connectivity index (χ4n) is 3.73. The van der Waals surface area contributed by atoms with E-state index in [0.717, 1.165) is 31.6 Å². The quantitative estimate of drug-likeness (QED) is 0.848. The molecule has 3 unspecified atom stereocenters. The Morgan fingerprint density at radius 2 is 2.05 bits per heavy atom. The van der Waals surface area contributed by atoms with Gasteiger partial charge in [0.1, 0.15) is 0 Å². The van der Waals surface area contributed by atoms with Gasteiger partial charge in [-0.15, -0.1) is 0 Å². The molecule has 2 saturated heterocycles. The molecule has 2 aliphatic heterocycles. The molecule has 1 N–H and O–H groups in total. The predicted octanol–water partition coefficient (Wildman–Crippen LogP) is 2.51. The predicted molar refractivity (Wildman–Crippen MR) is 80.4 cm³/mol. The zero-order chi connectivity index (χ0) is 13.7. The van der Waals surface area contributed by atoms with Gasteiger partial charge in [-0.1, -0.05) is 20.8 Å². The molecule has 2 fully saturated rings. The smallest absolute Gasteiger partial charge is 0.0637 e. The van der Waals surface area contributed by atoms with Crippen molar-refractivity contribution in [1.82, 2.24) is 10.2 Å². The molecule has 0 radical (unpaired) electrons. The minimum Gasteiger partial charge on any atom is -0.380 e. The maximum absolute atomic E-state index is 5.75. The second kappa shape index (κ2) is 7.61. The topological polar surface area (TPSA) is 24.5 Å². The molecule has 0 bridgehead atoms. The van der Waals surface area contributed by atoms with Gasteiger partial charge in [0.15, 0.2) is 0 Å². The van der Waals surface area contributed by atoms with E-state index in [1.165, 1.54) is 38.8 Å². The van der Waals surface area contributed by atoms with Crippen molar-refractivity contribution in [2.75, 3.05) is 32.8 Å². The van der Waals surface area contributed by atoms with Gasteiger partial charge in [-0.05, 0) is 57.2 Å². The molecule has 3 heteroatoms. The summed E-state index contributed by atoms with van der Waals surface area (Å²) >= 11 is 0. The molecule has 0 saturated carbocycles. The molecule has 2 aliphatic rings. The molecule has 0 aromatic carbocycles. The average molecular weight is 268 g/mol. The van der Waals surface area contributed by atoms with E-state index in [0.29, 0.717) is 12.1 Å². The van der Waals surface area contributed by atoms with Gasteiger partial charge >= 0.3 is 0 Å². The Labute approximate surface area is 119 Å². The Bertz CT molecular complexity index is 255. The summed E-state index contributed by atoms with van der Waals surface area (Å²) in [5, 5.41) is 3.66. The molecule has 0 aliphatic carbocycles. The highest BCUT2D eigenvalue weighted by Gasteiger charge is 2.31. The number of likely N-dealkylation sites (N-methyl/N-ethyl adjacent to an activating group) is 1. The maximum Gasteiger partial charge on any atom is 0.0637 e. The van der Waals surface area contributed by atoms with E-state index in [1.807, 2.05) is 0 Å². The average Bonchev–Trinajstić information content (AvgIpc) is 2.65. The Kier molecular flexibility index (Phi) is 6.11. The first-order chi connectivity index (χ1) is 9.22. The fourth-order valence-corrected chi connectivity index (χ4v) is 3.73. The standard InChI is InChI=1S/C16H32N2O/c1-4-17-15-8-11-19-12-16(15)18-9-5-6-14(7-10-18)13(2)3/h13-17H,4-12H2,1-3H3. The van der Waals surface area contributed by atoms with Crippen LogP contribution in [0.4, 0.5) is 0 Å². The van der Waals surface area contributed by atoms with Crippen molar-refractivity contribution >= 4 is 0 Å². The first-order valence-corrected chi connectivity index (χ1v) is 8.27. The van der Waals surface area contributed by atoms with Crippen LogP contribution in [-0.4, -0.2) is 49.8 Å². The van der Waals surface area contributed by atoms with Crippen LogP contribution in [0.3, 0.4) is 0 Å². The number of nitrogens with one attached hydrogen (secondary N) is 1. The molecule has 0 amide bonds. The molecule has 0 spiro atoms. The number of hydrogen-bond acceptors (Lipinski definition) is 3. The maximum atomic E-state index is 5.75. The second-order valence-electron chi connectivity index (χ2n) is 6.57. The summed E-state index contributed by atoms with van der Waals surface area (Å²) in [4.78, 5) is 2.70. The third-order valence-electron chi connectivity index (χ3n) is 5.01. The van der Waals surface area contributed by atoms with E-state index in [-0.39, 0.29) is 0 Å². The van der Waals surface area contributed by atoms with Gasteiger partial charge in [-0.2, -0.15) is 0 Å². The van der Waals surface area contributed by atoms with Crippen molar-refractivity contribution in [1.29, 1.82) is 0 Å². The molecule has 0 aromatic heterocycles. The van der Waals surface area contributed by atoms with Gasteiger partial charge in [0.25, 0.3) is 0 Å². The van der Waals surface area contributed by atoms with Gasteiger partial charge in [0.2, 0.25) is 0 Å². The molecular weight excluding hydrogens is 236 g/mol. The number of nitrogens with zero attached hydrogens (tertiary/aromatic N) is 1. The van der Waals surface area contributed by atoms with Crippen molar-refractivity contribution in [2.24, 2.45) is 11.8 Å². The van der Waals surface area contributed by atoms with E-state index < -0.39 is 0 Å². The zero-order valence-corrected chi connectivity index (χ0v) is 13.0. The molecule has 3 nitrogen and oxygen atoms in total. The van der Waals surface area contributed by atoms with Crippen LogP contribution in [0, 0.1) is 11.8 Å². The molecule has 2 rings (SSSR count). The third-order valence-corrected chi connectivity index (χ3v) is 5.01. The van der Waals surface area contributed by atoms with Crippen LogP contribution in [0.1, 0.15) is 46.5 Å². The van der Waals surface area contributed by atoms with Gasteiger partial charge < -0.3 is 10.1 Å². The Morgan fingerprint density at radius 1 is 1.21 bits per heavy atom. The van der Waals surface area contributed by atoms with Crippen LogP contribution in [0.25, 0.3) is 0 Å². The van der Waals surface area contributed by atoms with Crippen LogP contribution in [-0.2, 0) is 4.74 Å². The normalized spacial score (nSPS) is 34.4. The zero-order valence-electron chi connectivity index (χ0n) is 13.0. The second-order valence-corrected chi connectivity index (χ2v) is 6.57. The first-order valence-electron chi connectivity index (χ1n) is 8.27. The fraction of sp³-hybridized carbons (Fsp3) is 1.00. The van der Waals surface area contributed by atoms with Crippen molar-refractivity contribution in [3.05, 3.63) is 0 Å². The van der Waals surface area contributed by atoms with Crippen molar-refractivity contribution < 1.29 is 4.74 Å². The lowest BCUT2D eigenvalue weighted by atomic mass is 9.89. The number of ether oxygens (including phenoxy) is 1. The Balaban J connectivity index is 1.92. The number of likely N-dealkylation sites (tertiary alicyclic amines) is 1. The summed E-state index contributed by atoms with van der Waals surface area (Å²) in [6.07, 6.45) is 5.31. The summed E-state index contributed by atoms with van der Waals surface area (Å²) in [7, 11) is 0. The van der Waals surface area contributed by atoms with E-state index >= 15 is 0 Å². The minimum atomic E-state index is 0.597. The highest BCUT2D eigenvalue weighted by Crippen LogP contribution is 2.27. The molecule has 19 heavy (non-hydrogen) atoms. The summed E-state index contributed by atoms with van der Waals surface area (Å²) in [5.74, 6) is 1.76. The summed E-state index contributed by atoms with van der Waals surface area (Å²) in [6, 6.07) is 1.23. The van der Waals surface area contributed by atoms with Crippen LogP contribution in [0.5, 0.6) is 0 Å². The molecular formula is C16H32N2O. The lowest BCUT2D eigenvalue weighted by molar-refractivity contribution is -0.00216. The van der Waals surface area contributed by atoms with E-state index in [9.17, 15) is 0 Å².